The van der Waals surface area contributed by atoms with Gasteiger partial charge in [-0.3, -0.25) is 9.59 Å². The molecule has 4 rings (SSSR count). The number of imide groups is 1. The summed E-state index contributed by atoms with van der Waals surface area (Å²) in [5.74, 6) is -0.756. The Morgan fingerprint density at radius 1 is 1.04 bits per heavy atom. The number of amides is 2. The molecule has 7 heteroatoms. The van der Waals surface area contributed by atoms with Crippen LogP contribution >= 0.6 is 23.4 Å². The average molecular weight is 384 g/mol. The molecule has 5 nitrogen and oxygen atoms in total. The van der Waals surface area contributed by atoms with Crippen LogP contribution in [0.25, 0.3) is 0 Å². The van der Waals surface area contributed by atoms with Gasteiger partial charge in [0.1, 0.15) is 6.04 Å². The maximum absolute atomic E-state index is 13.1. The standard InChI is InChI=1S/C19H14ClN3O2S/c1-10-2-4-11(5-3-10)15-14-16(26-19(21)22-15)18(25)23(17(14)24)13-8-6-12(20)7-9-13/h2-9,15H,1H3,(H2,21,22)/t15-/m0/s1. The van der Waals surface area contributed by atoms with Crippen molar-refractivity contribution in [3.63, 3.8) is 0 Å². The highest BCUT2D eigenvalue weighted by Gasteiger charge is 2.45. The number of benzene rings is 2. The van der Waals surface area contributed by atoms with Crippen molar-refractivity contribution in [2.45, 2.75) is 13.0 Å². The number of nitrogens with two attached hydrogens (primary N) is 1. The minimum atomic E-state index is -0.583. The van der Waals surface area contributed by atoms with Crippen LogP contribution in [0.4, 0.5) is 5.69 Å². The van der Waals surface area contributed by atoms with Crippen molar-refractivity contribution in [1.29, 1.82) is 0 Å². The summed E-state index contributed by atoms with van der Waals surface area (Å²) in [6.45, 7) is 1.98. The van der Waals surface area contributed by atoms with Crippen LogP contribution in [0.2, 0.25) is 5.02 Å². The first-order chi connectivity index (χ1) is 12.5. The summed E-state index contributed by atoms with van der Waals surface area (Å²) in [7, 11) is 0. The van der Waals surface area contributed by atoms with Gasteiger partial charge < -0.3 is 5.73 Å². The van der Waals surface area contributed by atoms with Crippen LogP contribution in [0, 0.1) is 6.92 Å². The lowest BCUT2D eigenvalue weighted by Gasteiger charge is -2.19. The average Bonchev–Trinajstić information content (AvgIpc) is 2.87. The predicted octanol–water partition coefficient (Wildman–Crippen LogP) is 3.58. The van der Waals surface area contributed by atoms with E-state index in [-0.39, 0.29) is 17.0 Å². The van der Waals surface area contributed by atoms with E-state index >= 15 is 0 Å². The zero-order valence-corrected chi connectivity index (χ0v) is 15.3. The number of halogens is 1. The summed E-state index contributed by atoms with van der Waals surface area (Å²) < 4.78 is 0. The fraction of sp³-hybridized carbons (Fsp3) is 0.105. The Bertz CT molecular complexity index is 981. The van der Waals surface area contributed by atoms with Gasteiger partial charge >= 0.3 is 0 Å². The van der Waals surface area contributed by atoms with Gasteiger partial charge in [-0.2, -0.15) is 0 Å². The lowest BCUT2D eigenvalue weighted by Crippen LogP contribution is -2.31. The largest absolute Gasteiger partial charge is 0.378 e. The van der Waals surface area contributed by atoms with Crippen molar-refractivity contribution in [3.8, 4) is 0 Å². The van der Waals surface area contributed by atoms with E-state index in [0.717, 1.165) is 27.8 Å². The summed E-state index contributed by atoms with van der Waals surface area (Å²) in [6, 6.07) is 13.7. The maximum atomic E-state index is 13.1. The minimum Gasteiger partial charge on any atom is -0.378 e. The minimum absolute atomic E-state index is 0.272. The summed E-state index contributed by atoms with van der Waals surface area (Å²) in [6.07, 6.45) is 0. The molecule has 2 heterocycles. The monoisotopic (exact) mass is 383 g/mol. The number of rotatable bonds is 2. The second kappa shape index (κ2) is 6.30. The molecular formula is C19H14ClN3O2S. The molecule has 0 fully saturated rings. The highest BCUT2D eigenvalue weighted by atomic mass is 35.5. The van der Waals surface area contributed by atoms with Crippen molar-refractivity contribution >= 4 is 46.0 Å². The SMILES string of the molecule is Cc1ccc([C@@H]2N=C(N)SC3=C2C(=O)N(c2ccc(Cl)cc2)C3=O)cc1. The number of nitrogens with zero attached hydrogens (tertiary/aromatic N) is 2. The third-order valence-corrected chi connectivity index (χ3v) is 5.45. The molecule has 0 unspecified atom stereocenters. The van der Waals surface area contributed by atoms with Crippen molar-refractivity contribution in [1.82, 2.24) is 0 Å². The fourth-order valence-corrected chi connectivity index (χ4v) is 3.98. The van der Waals surface area contributed by atoms with Gasteiger partial charge in [-0.15, -0.1) is 0 Å². The van der Waals surface area contributed by atoms with E-state index in [2.05, 4.69) is 4.99 Å². The van der Waals surface area contributed by atoms with Gasteiger partial charge in [-0.05, 0) is 48.5 Å². The summed E-state index contributed by atoms with van der Waals surface area (Å²) in [4.78, 5) is 31.9. The molecule has 0 aliphatic carbocycles. The Labute approximate surface area is 159 Å². The number of anilines is 1. The first kappa shape index (κ1) is 16.9. The number of carbonyl (C=O) groups is 2. The topological polar surface area (TPSA) is 75.8 Å². The maximum Gasteiger partial charge on any atom is 0.272 e. The summed E-state index contributed by atoms with van der Waals surface area (Å²) in [5, 5.41) is 0.804. The van der Waals surface area contributed by atoms with E-state index < -0.39 is 6.04 Å². The van der Waals surface area contributed by atoms with E-state index in [1.807, 2.05) is 31.2 Å². The van der Waals surface area contributed by atoms with E-state index in [4.69, 9.17) is 17.3 Å². The van der Waals surface area contributed by atoms with Crippen molar-refractivity contribution in [3.05, 3.63) is 75.2 Å². The Hall–Kier alpha value is -2.57. The molecule has 0 radical (unpaired) electrons. The molecule has 0 bridgehead atoms. The van der Waals surface area contributed by atoms with Crippen molar-refractivity contribution in [2.75, 3.05) is 4.90 Å². The first-order valence-corrected chi connectivity index (χ1v) is 9.11. The van der Waals surface area contributed by atoms with Gasteiger partial charge in [0.15, 0.2) is 5.17 Å². The molecule has 0 saturated heterocycles. The second-order valence-electron chi connectivity index (χ2n) is 6.05. The first-order valence-electron chi connectivity index (χ1n) is 7.92. The highest BCUT2D eigenvalue weighted by Crippen LogP contribution is 2.44. The number of aryl methyl sites for hydroxylation is 1. The lowest BCUT2D eigenvalue weighted by atomic mass is 9.98. The number of hydrogen-bond donors (Lipinski definition) is 1. The van der Waals surface area contributed by atoms with Crippen LogP contribution in [0.5, 0.6) is 0 Å². The van der Waals surface area contributed by atoms with E-state index in [0.29, 0.717) is 21.2 Å². The molecule has 26 heavy (non-hydrogen) atoms. The van der Waals surface area contributed by atoms with Crippen LogP contribution in [0.3, 0.4) is 0 Å². The van der Waals surface area contributed by atoms with Crippen LogP contribution in [-0.4, -0.2) is 17.0 Å². The molecule has 0 spiro atoms. The Morgan fingerprint density at radius 3 is 2.35 bits per heavy atom. The number of aliphatic imine (C=N–C) groups is 1. The predicted molar refractivity (Wildman–Crippen MR) is 104 cm³/mol. The van der Waals surface area contributed by atoms with Crippen LogP contribution in [0.1, 0.15) is 17.2 Å². The summed E-state index contributed by atoms with van der Waals surface area (Å²) >= 11 is 6.95. The van der Waals surface area contributed by atoms with Gasteiger partial charge in [0.25, 0.3) is 11.8 Å². The molecule has 130 valence electrons. The van der Waals surface area contributed by atoms with Crippen LogP contribution in [0.15, 0.2) is 64.0 Å². The fourth-order valence-electron chi connectivity index (χ4n) is 3.00. The van der Waals surface area contributed by atoms with Gasteiger partial charge in [-0.25, -0.2) is 9.89 Å². The van der Waals surface area contributed by atoms with E-state index in [1.165, 1.54) is 0 Å². The summed E-state index contributed by atoms with van der Waals surface area (Å²) in [5.41, 5.74) is 8.70. The van der Waals surface area contributed by atoms with Crippen molar-refractivity contribution < 1.29 is 9.59 Å². The Balaban J connectivity index is 1.78. The van der Waals surface area contributed by atoms with Gasteiger partial charge in [0.2, 0.25) is 0 Å². The third-order valence-electron chi connectivity index (χ3n) is 4.29. The van der Waals surface area contributed by atoms with Gasteiger partial charge in [0.05, 0.1) is 16.2 Å². The second-order valence-corrected chi connectivity index (χ2v) is 7.51. The normalized spacial score (nSPS) is 19.7. The van der Waals surface area contributed by atoms with Crippen molar-refractivity contribution in [2.24, 2.45) is 10.7 Å². The highest BCUT2D eigenvalue weighted by molar-refractivity contribution is 8.18. The molecule has 2 aromatic carbocycles. The molecule has 1 atom stereocenters. The molecular weight excluding hydrogens is 370 g/mol. The lowest BCUT2D eigenvalue weighted by molar-refractivity contribution is -0.120. The Kier molecular flexibility index (Phi) is 4.09. The molecule has 0 saturated carbocycles. The number of amidine groups is 1. The quantitative estimate of drug-likeness (QED) is 0.804. The number of carbonyl (C=O) groups excluding carboxylic acids is 2. The smallest absolute Gasteiger partial charge is 0.272 e. The molecule has 2 aliphatic rings. The zero-order valence-electron chi connectivity index (χ0n) is 13.8. The number of hydrogen-bond acceptors (Lipinski definition) is 5. The van der Waals surface area contributed by atoms with Crippen LogP contribution in [-0.2, 0) is 9.59 Å². The molecule has 2 amide bonds. The van der Waals surface area contributed by atoms with Gasteiger partial charge in [0, 0.05) is 5.02 Å². The molecule has 2 N–H and O–H groups in total. The van der Waals surface area contributed by atoms with E-state index in [9.17, 15) is 9.59 Å². The number of thioether (sulfide) groups is 1. The molecule has 2 aromatic rings. The third kappa shape index (κ3) is 2.71. The van der Waals surface area contributed by atoms with E-state index in [1.54, 1.807) is 24.3 Å². The Morgan fingerprint density at radius 2 is 1.69 bits per heavy atom. The molecule has 2 aliphatic heterocycles. The molecule has 0 aromatic heterocycles. The van der Waals surface area contributed by atoms with Crippen LogP contribution < -0.4 is 10.6 Å². The zero-order chi connectivity index (χ0) is 18.4. The van der Waals surface area contributed by atoms with Gasteiger partial charge in [-0.1, -0.05) is 41.4 Å².